The van der Waals surface area contributed by atoms with Crippen molar-refractivity contribution in [1.82, 2.24) is 15.5 Å². The van der Waals surface area contributed by atoms with Crippen LogP contribution in [0.4, 0.5) is 0 Å². The molecule has 0 aliphatic carbocycles. The Bertz CT molecular complexity index is 616. The highest BCUT2D eigenvalue weighted by Gasteiger charge is 2.29. The maximum Gasteiger partial charge on any atom is 0.227 e. The van der Waals surface area contributed by atoms with Crippen molar-refractivity contribution in [3.63, 3.8) is 0 Å². The van der Waals surface area contributed by atoms with Crippen molar-refractivity contribution in [2.24, 2.45) is 0 Å². The first-order valence-corrected chi connectivity index (χ1v) is 8.81. The number of amides is 1. The van der Waals surface area contributed by atoms with Gasteiger partial charge < -0.3 is 9.84 Å². The van der Waals surface area contributed by atoms with Crippen LogP contribution in [0.3, 0.4) is 0 Å². The molecule has 0 bridgehead atoms. The summed E-state index contributed by atoms with van der Waals surface area (Å²) in [5.74, 6) is 1.03. The maximum atomic E-state index is 11.8. The van der Waals surface area contributed by atoms with Gasteiger partial charge in [0.15, 0.2) is 15.7 Å². The second-order valence-corrected chi connectivity index (χ2v) is 8.66. The summed E-state index contributed by atoms with van der Waals surface area (Å²) in [6.45, 7) is 5.94. The molecular formula is C13H21N3O4S. The van der Waals surface area contributed by atoms with E-state index in [9.17, 15) is 13.2 Å². The van der Waals surface area contributed by atoms with Crippen molar-refractivity contribution in [2.45, 2.75) is 51.5 Å². The van der Waals surface area contributed by atoms with Gasteiger partial charge in [0.1, 0.15) is 0 Å². The lowest BCUT2D eigenvalue weighted by molar-refractivity contribution is -0.121. The molecule has 7 nitrogen and oxygen atoms in total. The lowest BCUT2D eigenvalue weighted by atomic mass is 9.96. The molecule has 1 aromatic heterocycles. The van der Waals surface area contributed by atoms with Gasteiger partial charge in [-0.1, -0.05) is 25.9 Å². The molecule has 21 heavy (non-hydrogen) atoms. The average Bonchev–Trinajstić information content (AvgIpc) is 2.93. The molecule has 1 N–H and O–H groups in total. The Labute approximate surface area is 124 Å². The summed E-state index contributed by atoms with van der Waals surface area (Å²) in [4.78, 5) is 16.0. The van der Waals surface area contributed by atoms with Crippen LogP contribution in [0.2, 0.25) is 0 Å². The van der Waals surface area contributed by atoms with E-state index in [4.69, 9.17) is 4.52 Å². The second-order valence-electron chi connectivity index (χ2n) is 6.43. The van der Waals surface area contributed by atoms with Crippen LogP contribution in [0.25, 0.3) is 0 Å². The molecule has 1 saturated heterocycles. The van der Waals surface area contributed by atoms with E-state index in [1.165, 1.54) is 0 Å². The first-order chi connectivity index (χ1) is 9.66. The van der Waals surface area contributed by atoms with Crippen molar-refractivity contribution >= 4 is 15.7 Å². The van der Waals surface area contributed by atoms with Crippen molar-refractivity contribution in [1.29, 1.82) is 0 Å². The van der Waals surface area contributed by atoms with Gasteiger partial charge in [0.05, 0.1) is 11.5 Å². The number of carbonyl (C=O) groups excluding carboxylic acids is 1. The molecule has 0 saturated carbocycles. The fourth-order valence-corrected chi connectivity index (χ4v) is 3.76. The van der Waals surface area contributed by atoms with E-state index in [1.54, 1.807) is 0 Å². The van der Waals surface area contributed by atoms with Crippen LogP contribution in [0.1, 0.15) is 45.3 Å². The topological polar surface area (TPSA) is 102 Å². The molecule has 1 aliphatic heterocycles. The number of carbonyl (C=O) groups is 1. The van der Waals surface area contributed by atoms with E-state index in [-0.39, 0.29) is 35.3 Å². The van der Waals surface area contributed by atoms with Crippen LogP contribution in [0.15, 0.2) is 4.52 Å². The lowest BCUT2D eigenvalue weighted by Gasteiger charge is -2.11. The van der Waals surface area contributed by atoms with Crippen LogP contribution >= 0.6 is 0 Å². The summed E-state index contributed by atoms with van der Waals surface area (Å²) >= 11 is 0. The average molecular weight is 315 g/mol. The highest BCUT2D eigenvalue weighted by molar-refractivity contribution is 7.91. The first-order valence-electron chi connectivity index (χ1n) is 6.98. The standard InChI is InChI=1S/C13H21N3O4S/c1-13(2,3)12-15-11(20-16-12)5-4-10(17)14-9-6-7-21(18,19)8-9/h9H,4-8H2,1-3H3,(H,14,17)/t9-/m1/s1. The van der Waals surface area contributed by atoms with E-state index in [0.29, 0.717) is 24.6 Å². The predicted molar refractivity (Wildman–Crippen MR) is 76.5 cm³/mol. The minimum atomic E-state index is -2.98. The Morgan fingerprint density at radius 2 is 2.14 bits per heavy atom. The Balaban J connectivity index is 1.81. The Morgan fingerprint density at radius 1 is 1.43 bits per heavy atom. The summed E-state index contributed by atoms with van der Waals surface area (Å²) in [6.07, 6.45) is 1.06. The minimum Gasteiger partial charge on any atom is -0.352 e. The van der Waals surface area contributed by atoms with Crippen molar-refractivity contribution in [3.8, 4) is 0 Å². The second kappa shape index (κ2) is 5.75. The maximum absolute atomic E-state index is 11.8. The quantitative estimate of drug-likeness (QED) is 0.873. The van der Waals surface area contributed by atoms with Crippen LogP contribution in [0, 0.1) is 0 Å². The van der Waals surface area contributed by atoms with Gasteiger partial charge in [-0.05, 0) is 6.42 Å². The fraction of sp³-hybridized carbons (Fsp3) is 0.769. The van der Waals surface area contributed by atoms with Crippen LogP contribution in [-0.2, 0) is 26.5 Å². The third-order valence-electron chi connectivity index (χ3n) is 3.30. The lowest BCUT2D eigenvalue weighted by Crippen LogP contribution is -2.35. The molecule has 1 amide bonds. The molecule has 1 atom stereocenters. The van der Waals surface area contributed by atoms with Crippen molar-refractivity contribution in [2.75, 3.05) is 11.5 Å². The number of nitrogens with zero attached hydrogens (tertiary/aromatic N) is 2. The number of hydrogen-bond acceptors (Lipinski definition) is 6. The molecule has 0 aromatic carbocycles. The molecule has 1 aliphatic rings. The van der Waals surface area contributed by atoms with Crippen LogP contribution < -0.4 is 5.32 Å². The fourth-order valence-electron chi connectivity index (χ4n) is 2.09. The van der Waals surface area contributed by atoms with Gasteiger partial charge in [0.25, 0.3) is 0 Å². The Hall–Kier alpha value is -1.44. The van der Waals surface area contributed by atoms with Gasteiger partial charge in [-0.15, -0.1) is 0 Å². The van der Waals surface area contributed by atoms with E-state index in [2.05, 4.69) is 15.5 Å². The molecule has 118 valence electrons. The Kier molecular flexibility index (Phi) is 4.36. The molecule has 2 rings (SSSR count). The normalized spacial score (nSPS) is 21.4. The van der Waals surface area contributed by atoms with Gasteiger partial charge in [0.2, 0.25) is 11.8 Å². The monoisotopic (exact) mass is 315 g/mol. The number of aryl methyl sites for hydroxylation is 1. The number of rotatable bonds is 4. The third-order valence-corrected chi connectivity index (χ3v) is 5.07. The Morgan fingerprint density at radius 3 is 2.67 bits per heavy atom. The van der Waals surface area contributed by atoms with Gasteiger partial charge in [-0.25, -0.2) is 8.42 Å². The summed E-state index contributed by atoms with van der Waals surface area (Å²) in [6, 6.07) is -0.268. The molecule has 0 radical (unpaired) electrons. The van der Waals surface area contributed by atoms with Crippen LogP contribution in [-0.4, -0.2) is 42.0 Å². The molecule has 1 aromatic rings. The number of nitrogens with one attached hydrogen (secondary N) is 1. The largest absolute Gasteiger partial charge is 0.352 e. The summed E-state index contributed by atoms with van der Waals surface area (Å²) in [5, 5.41) is 6.62. The van der Waals surface area contributed by atoms with E-state index < -0.39 is 9.84 Å². The van der Waals surface area contributed by atoms with Gasteiger partial charge in [0, 0.05) is 24.3 Å². The van der Waals surface area contributed by atoms with E-state index in [1.807, 2.05) is 20.8 Å². The molecule has 0 spiro atoms. The first kappa shape index (κ1) is 15.9. The zero-order valence-electron chi connectivity index (χ0n) is 12.5. The van der Waals surface area contributed by atoms with Gasteiger partial charge in [-0.3, -0.25) is 4.79 Å². The smallest absolute Gasteiger partial charge is 0.227 e. The number of aromatic nitrogens is 2. The van der Waals surface area contributed by atoms with Crippen molar-refractivity contribution in [3.05, 3.63) is 11.7 Å². The summed E-state index contributed by atoms with van der Waals surface area (Å²) in [5.41, 5.74) is -0.192. The van der Waals surface area contributed by atoms with Gasteiger partial charge in [-0.2, -0.15) is 4.98 Å². The van der Waals surface area contributed by atoms with E-state index >= 15 is 0 Å². The molecule has 1 fully saturated rings. The molecule has 2 heterocycles. The van der Waals surface area contributed by atoms with E-state index in [0.717, 1.165) is 0 Å². The van der Waals surface area contributed by atoms with Crippen LogP contribution in [0.5, 0.6) is 0 Å². The highest BCUT2D eigenvalue weighted by atomic mass is 32.2. The zero-order chi connectivity index (χ0) is 15.7. The third kappa shape index (κ3) is 4.52. The summed E-state index contributed by atoms with van der Waals surface area (Å²) < 4.78 is 27.7. The molecule has 0 unspecified atom stereocenters. The zero-order valence-corrected chi connectivity index (χ0v) is 13.4. The molecule has 8 heteroatoms. The summed E-state index contributed by atoms with van der Waals surface area (Å²) in [7, 11) is -2.98. The van der Waals surface area contributed by atoms with Gasteiger partial charge >= 0.3 is 0 Å². The number of sulfone groups is 1. The number of hydrogen-bond donors (Lipinski definition) is 1. The predicted octanol–water partition coefficient (Wildman–Crippen LogP) is 0.603. The highest BCUT2D eigenvalue weighted by Crippen LogP contribution is 2.18. The minimum absolute atomic E-state index is 0.0352. The van der Waals surface area contributed by atoms with Crippen molar-refractivity contribution < 1.29 is 17.7 Å². The molecular weight excluding hydrogens is 294 g/mol. The SMILES string of the molecule is CC(C)(C)c1noc(CCC(=O)N[C@@H]2CCS(=O)(=O)C2)n1.